The molecule has 1 aliphatic heterocycles. The van der Waals surface area contributed by atoms with Gasteiger partial charge in [0, 0.05) is 19.2 Å². The van der Waals surface area contributed by atoms with E-state index >= 15 is 0 Å². The van der Waals surface area contributed by atoms with Crippen LogP contribution in [0.5, 0.6) is 5.75 Å². The van der Waals surface area contributed by atoms with Crippen LogP contribution in [-0.2, 0) is 11.2 Å². The lowest BCUT2D eigenvalue weighted by Gasteiger charge is -2.33. The Labute approximate surface area is 141 Å². The standard InChI is InChI=1S/C16H22Cl2N2O2/c1-19(2)10-16(22)20-5-3-11(4-6-20)7-12-8-13(17)14(18)9-15(12)21/h8-9,11,21H,3-7,10H2,1-2H3. The maximum atomic E-state index is 12.0. The van der Waals surface area contributed by atoms with Crippen molar-refractivity contribution >= 4 is 29.1 Å². The number of likely N-dealkylation sites (tertiary alicyclic amines) is 1. The Morgan fingerprint density at radius 1 is 1.27 bits per heavy atom. The number of nitrogens with zero attached hydrogens (tertiary/aromatic N) is 2. The molecule has 0 aliphatic carbocycles. The number of halogens is 2. The minimum atomic E-state index is 0.181. The summed E-state index contributed by atoms with van der Waals surface area (Å²) in [5.41, 5.74) is 0.826. The number of phenols is 1. The van der Waals surface area contributed by atoms with E-state index in [4.69, 9.17) is 23.2 Å². The van der Waals surface area contributed by atoms with Gasteiger partial charge in [0.25, 0.3) is 0 Å². The van der Waals surface area contributed by atoms with Gasteiger partial charge < -0.3 is 14.9 Å². The number of carbonyl (C=O) groups is 1. The zero-order valence-corrected chi connectivity index (χ0v) is 14.5. The zero-order valence-electron chi connectivity index (χ0n) is 13.0. The van der Waals surface area contributed by atoms with E-state index in [0.29, 0.717) is 22.5 Å². The molecular weight excluding hydrogens is 323 g/mol. The van der Waals surface area contributed by atoms with Gasteiger partial charge in [0.1, 0.15) is 5.75 Å². The van der Waals surface area contributed by atoms with E-state index in [1.54, 1.807) is 6.07 Å². The normalized spacial score (nSPS) is 16.3. The van der Waals surface area contributed by atoms with Crippen LogP contribution in [0, 0.1) is 5.92 Å². The first-order valence-corrected chi connectivity index (χ1v) is 8.21. The van der Waals surface area contributed by atoms with Crippen LogP contribution in [-0.4, -0.2) is 54.5 Å². The van der Waals surface area contributed by atoms with Gasteiger partial charge in [0.05, 0.1) is 16.6 Å². The molecule has 0 aromatic heterocycles. The smallest absolute Gasteiger partial charge is 0.236 e. The maximum absolute atomic E-state index is 12.0. The molecule has 1 aromatic rings. The Bertz CT molecular complexity index is 541. The van der Waals surface area contributed by atoms with E-state index in [0.717, 1.165) is 37.9 Å². The lowest BCUT2D eigenvalue weighted by atomic mass is 9.90. The molecule has 1 aliphatic rings. The van der Waals surface area contributed by atoms with Gasteiger partial charge in [-0.05, 0) is 50.9 Å². The molecular formula is C16H22Cl2N2O2. The second-order valence-electron chi connectivity index (χ2n) is 6.16. The third-order valence-electron chi connectivity index (χ3n) is 4.05. The first-order chi connectivity index (χ1) is 10.4. The molecule has 1 fully saturated rings. The number of phenolic OH excluding ortho intramolecular Hbond substituents is 1. The summed E-state index contributed by atoms with van der Waals surface area (Å²) in [7, 11) is 3.80. The molecule has 0 unspecified atom stereocenters. The minimum Gasteiger partial charge on any atom is -0.508 e. The fraction of sp³-hybridized carbons (Fsp3) is 0.562. The molecule has 1 heterocycles. The van der Waals surface area contributed by atoms with Crippen molar-refractivity contribution < 1.29 is 9.90 Å². The van der Waals surface area contributed by atoms with Crippen molar-refractivity contribution in [1.82, 2.24) is 9.80 Å². The molecule has 122 valence electrons. The highest BCUT2D eigenvalue weighted by molar-refractivity contribution is 6.42. The first kappa shape index (κ1) is 17.4. The van der Waals surface area contributed by atoms with Gasteiger partial charge in [-0.2, -0.15) is 0 Å². The monoisotopic (exact) mass is 344 g/mol. The van der Waals surface area contributed by atoms with E-state index in [9.17, 15) is 9.90 Å². The van der Waals surface area contributed by atoms with E-state index in [2.05, 4.69) is 0 Å². The number of likely N-dealkylation sites (N-methyl/N-ethyl adjacent to an activating group) is 1. The van der Waals surface area contributed by atoms with Crippen molar-refractivity contribution in [3.8, 4) is 5.75 Å². The van der Waals surface area contributed by atoms with Crippen LogP contribution in [0.4, 0.5) is 0 Å². The quantitative estimate of drug-likeness (QED) is 0.912. The van der Waals surface area contributed by atoms with Crippen molar-refractivity contribution in [2.75, 3.05) is 33.7 Å². The van der Waals surface area contributed by atoms with Crippen molar-refractivity contribution in [3.05, 3.63) is 27.7 Å². The molecule has 1 aromatic carbocycles. The van der Waals surface area contributed by atoms with E-state index in [-0.39, 0.29) is 11.7 Å². The summed E-state index contributed by atoms with van der Waals surface area (Å²) in [6.07, 6.45) is 2.65. The third kappa shape index (κ3) is 4.51. The number of benzene rings is 1. The van der Waals surface area contributed by atoms with Gasteiger partial charge in [-0.3, -0.25) is 4.79 Å². The summed E-state index contributed by atoms with van der Waals surface area (Å²) in [6, 6.07) is 3.23. The van der Waals surface area contributed by atoms with E-state index in [1.807, 2.05) is 23.9 Å². The predicted molar refractivity (Wildman–Crippen MR) is 89.7 cm³/mol. The average molecular weight is 345 g/mol. The highest BCUT2D eigenvalue weighted by atomic mass is 35.5. The van der Waals surface area contributed by atoms with Crippen LogP contribution in [0.15, 0.2) is 12.1 Å². The molecule has 6 heteroatoms. The molecule has 1 amide bonds. The molecule has 0 spiro atoms. The average Bonchev–Trinajstić information content (AvgIpc) is 2.44. The van der Waals surface area contributed by atoms with Gasteiger partial charge in [-0.15, -0.1) is 0 Å². The first-order valence-electron chi connectivity index (χ1n) is 7.46. The van der Waals surface area contributed by atoms with Gasteiger partial charge >= 0.3 is 0 Å². The van der Waals surface area contributed by atoms with Crippen LogP contribution < -0.4 is 0 Å². The molecule has 4 nitrogen and oxygen atoms in total. The summed E-state index contributed by atoms with van der Waals surface area (Å²) in [4.78, 5) is 15.8. The fourth-order valence-electron chi connectivity index (χ4n) is 2.81. The van der Waals surface area contributed by atoms with Gasteiger partial charge in [0.2, 0.25) is 5.91 Å². The predicted octanol–water partition coefficient (Wildman–Crippen LogP) is 3.04. The number of aromatic hydroxyl groups is 1. The number of carbonyl (C=O) groups excluding carboxylic acids is 1. The van der Waals surface area contributed by atoms with Crippen LogP contribution >= 0.6 is 23.2 Å². The number of piperidine rings is 1. The molecule has 0 saturated carbocycles. The van der Waals surface area contributed by atoms with E-state index < -0.39 is 0 Å². The Hall–Kier alpha value is -0.970. The molecule has 1 N–H and O–H groups in total. The lowest BCUT2D eigenvalue weighted by molar-refractivity contribution is -0.133. The topological polar surface area (TPSA) is 43.8 Å². The number of amides is 1. The lowest BCUT2D eigenvalue weighted by Crippen LogP contribution is -2.42. The van der Waals surface area contributed by atoms with Crippen molar-refractivity contribution in [3.63, 3.8) is 0 Å². The largest absolute Gasteiger partial charge is 0.508 e. The summed E-state index contributed by atoms with van der Waals surface area (Å²) < 4.78 is 0. The number of rotatable bonds is 4. The molecule has 1 saturated heterocycles. The summed E-state index contributed by atoms with van der Waals surface area (Å²) in [5, 5.41) is 10.8. The molecule has 0 radical (unpaired) electrons. The Morgan fingerprint density at radius 2 is 1.86 bits per heavy atom. The van der Waals surface area contributed by atoms with Gasteiger partial charge in [0.15, 0.2) is 0 Å². The highest BCUT2D eigenvalue weighted by Crippen LogP contribution is 2.33. The van der Waals surface area contributed by atoms with Gasteiger partial charge in [-0.1, -0.05) is 23.2 Å². The Kier molecular flexibility index (Phi) is 5.95. The van der Waals surface area contributed by atoms with Crippen molar-refractivity contribution in [2.45, 2.75) is 19.3 Å². The summed E-state index contributed by atoms with van der Waals surface area (Å²) >= 11 is 11.9. The molecule has 0 atom stereocenters. The van der Waals surface area contributed by atoms with Gasteiger partial charge in [-0.25, -0.2) is 0 Å². The fourth-order valence-corrected chi connectivity index (χ4v) is 3.15. The molecule has 2 rings (SSSR count). The summed E-state index contributed by atoms with van der Waals surface area (Å²) in [5.74, 6) is 0.827. The Balaban J connectivity index is 1.90. The Morgan fingerprint density at radius 3 is 2.45 bits per heavy atom. The van der Waals surface area contributed by atoms with Crippen LogP contribution in [0.25, 0.3) is 0 Å². The molecule has 22 heavy (non-hydrogen) atoms. The van der Waals surface area contributed by atoms with Crippen LogP contribution in [0.1, 0.15) is 18.4 Å². The second kappa shape index (κ2) is 7.53. The summed E-state index contributed by atoms with van der Waals surface area (Å²) in [6.45, 7) is 2.01. The van der Waals surface area contributed by atoms with Crippen LogP contribution in [0.3, 0.4) is 0 Å². The van der Waals surface area contributed by atoms with Crippen molar-refractivity contribution in [1.29, 1.82) is 0 Å². The highest BCUT2D eigenvalue weighted by Gasteiger charge is 2.24. The molecule has 0 bridgehead atoms. The zero-order chi connectivity index (χ0) is 16.3. The third-order valence-corrected chi connectivity index (χ3v) is 4.77. The minimum absolute atomic E-state index is 0.181. The maximum Gasteiger partial charge on any atom is 0.236 e. The van der Waals surface area contributed by atoms with E-state index in [1.165, 1.54) is 6.07 Å². The number of hydrogen-bond donors (Lipinski definition) is 1. The second-order valence-corrected chi connectivity index (χ2v) is 6.98. The van der Waals surface area contributed by atoms with Crippen molar-refractivity contribution in [2.24, 2.45) is 5.92 Å². The van der Waals surface area contributed by atoms with Crippen LogP contribution in [0.2, 0.25) is 10.0 Å². The SMILES string of the molecule is CN(C)CC(=O)N1CCC(Cc2cc(Cl)c(Cl)cc2O)CC1. The number of hydrogen-bond acceptors (Lipinski definition) is 3.